The van der Waals surface area contributed by atoms with Crippen LogP contribution in [0.25, 0.3) is 0 Å². The summed E-state index contributed by atoms with van der Waals surface area (Å²) < 4.78 is 0. The maximum absolute atomic E-state index is 10.4. The smallest absolute Gasteiger partial charge is 0.269 e. The Bertz CT molecular complexity index is 327. The molecular formula is C10H15ClN2O3. The number of nitro groups is 1. The van der Waals surface area contributed by atoms with Crippen LogP contribution in [0, 0.1) is 10.1 Å². The van der Waals surface area contributed by atoms with E-state index in [0.29, 0.717) is 13.1 Å². The van der Waals surface area contributed by atoms with E-state index < -0.39 is 4.92 Å². The Labute approximate surface area is 100 Å². The number of nitrogens with zero attached hydrogens (tertiary/aromatic N) is 1. The van der Waals surface area contributed by atoms with Crippen molar-refractivity contribution >= 4 is 18.1 Å². The van der Waals surface area contributed by atoms with E-state index in [1.807, 2.05) is 0 Å². The van der Waals surface area contributed by atoms with Crippen LogP contribution in [0.3, 0.4) is 0 Å². The van der Waals surface area contributed by atoms with Gasteiger partial charge in [-0.05, 0) is 12.5 Å². The van der Waals surface area contributed by atoms with Gasteiger partial charge in [0.2, 0.25) is 0 Å². The molecule has 1 unspecified atom stereocenters. The van der Waals surface area contributed by atoms with E-state index in [4.69, 9.17) is 5.11 Å². The lowest BCUT2D eigenvalue weighted by Crippen LogP contribution is -2.23. The summed E-state index contributed by atoms with van der Waals surface area (Å²) in [5.74, 6) is 0. The predicted molar refractivity (Wildman–Crippen MR) is 63.7 cm³/mol. The van der Waals surface area contributed by atoms with Crippen molar-refractivity contribution in [2.24, 2.45) is 0 Å². The second-order valence-corrected chi connectivity index (χ2v) is 3.40. The summed E-state index contributed by atoms with van der Waals surface area (Å²) in [6.07, 6.45) is -0.386. The molecule has 0 spiro atoms. The van der Waals surface area contributed by atoms with Gasteiger partial charge in [-0.3, -0.25) is 10.1 Å². The molecule has 90 valence electrons. The summed E-state index contributed by atoms with van der Waals surface area (Å²) in [6.45, 7) is 2.81. The van der Waals surface area contributed by atoms with Crippen molar-refractivity contribution in [1.82, 2.24) is 5.32 Å². The van der Waals surface area contributed by atoms with Crippen LogP contribution < -0.4 is 5.32 Å². The predicted octanol–water partition coefficient (Wildman–Crippen LogP) is 1.49. The fraction of sp³-hybridized carbons (Fsp3) is 0.400. The van der Waals surface area contributed by atoms with Crippen molar-refractivity contribution in [1.29, 1.82) is 0 Å². The van der Waals surface area contributed by atoms with Gasteiger partial charge in [-0.15, -0.1) is 12.4 Å². The molecule has 0 aromatic heterocycles. The lowest BCUT2D eigenvalue weighted by Gasteiger charge is -2.06. The van der Waals surface area contributed by atoms with Crippen molar-refractivity contribution < 1.29 is 10.0 Å². The van der Waals surface area contributed by atoms with Gasteiger partial charge in [-0.2, -0.15) is 0 Å². The maximum atomic E-state index is 10.4. The first-order valence-corrected chi connectivity index (χ1v) is 4.71. The molecule has 0 aliphatic rings. The highest BCUT2D eigenvalue weighted by Gasteiger charge is 2.03. The summed E-state index contributed by atoms with van der Waals surface area (Å²) in [7, 11) is 0. The quantitative estimate of drug-likeness (QED) is 0.610. The van der Waals surface area contributed by atoms with E-state index in [0.717, 1.165) is 5.56 Å². The Morgan fingerprint density at radius 3 is 2.44 bits per heavy atom. The van der Waals surface area contributed by atoms with Crippen LogP contribution >= 0.6 is 12.4 Å². The Morgan fingerprint density at radius 2 is 2.00 bits per heavy atom. The van der Waals surface area contributed by atoms with Gasteiger partial charge in [0.05, 0.1) is 11.0 Å². The van der Waals surface area contributed by atoms with Crippen molar-refractivity contribution in [2.45, 2.75) is 19.6 Å². The van der Waals surface area contributed by atoms with Gasteiger partial charge in [-0.1, -0.05) is 12.1 Å². The summed E-state index contributed by atoms with van der Waals surface area (Å²) in [5.41, 5.74) is 1.05. The van der Waals surface area contributed by atoms with Crippen LogP contribution in [0.1, 0.15) is 12.5 Å². The number of rotatable bonds is 5. The molecule has 1 atom stereocenters. The number of nitrogens with one attached hydrogen (secondary N) is 1. The van der Waals surface area contributed by atoms with Crippen LogP contribution in [-0.2, 0) is 6.54 Å². The van der Waals surface area contributed by atoms with Gasteiger partial charge >= 0.3 is 0 Å². The molecule has 2 N–H and O–H groups in total. The molecule has 1 rings (SSSR count). The lowest BCUT2D eigenvalue weighted by molar-refractivity contribution is -0.384. The zero-order chi connectivity index (χ0) is 11.3. The standard InChI is InChI=1S/C10H14N2O3.ClH/c1-8(13)6-11-7-9-2-4-10(5-3-9)12(14)15;/h2-5,8,11,13H,6-7H2,1H3;1H. The SMILES string of the molecule is CC(O)CNCc1ccc([N+](=O)[O-])cc1.Cl. The average Bonchev–Trinajstić information content (AvgIpc) is 2.18. The van der Waals surface area contributed by atoms with Crippen LogP contribution in [0.15, 0.2) is 24.3 Å². The minimum absolute atomic E-state index is 0. The second kappa shape index (κ2) is 7.16. The third kappa shape index (κ3) is 5.06. The molecule has 5 nitrogen and oxygen atoms in total. The van der Waals surface area contributed by atoms with E-state index in [9.17, 15) is 10.1 Å². The Morgan fingerprint density at radius 1 is 1.44 bits per heavy atom. The highest BCUT2D eigenvalue weighted by atomic mass is 35.5. The van der Waals surface area contributed by atoms with E-state index in [2.05, 4.69) is 5.32 Å². The highest BCUT2D eigenvalue weighted by molar-refractivity contribution is 5.85. The van der Waals surface area contributed by atoms with Gasteiger partial charge in [0, 0.05) is 25.2 Å². The highest BCUT2D eigenvalue weighted by Crippen LogP contribution is 2.11. The molecule has 6 heteroatoms. The van der Waals surface area contributed by atoms with E-state index in [-0.39, 0.29) is 24.2 Å². The van der Waals surface area contributed by atoms with Crippen LogP contribution in [0.5, 0.6) is 0 Å². The van der Waals surface area contributed by atoms with Crippen LogP contribution in [-0.4, -0.2) is 22.7 Å². The molecule has 1 aromatic carbocycles. The number of aliphatic hydroxyl groups excluding tert-OH is 1. The van der Waals surface area contributed by atoms with Gasteiger partial charge in [0.25, 0.3) is 5.69 Å². The number of benzene rings is 1. The van der Waals surface area contributed by atoms with E-state index in [1.165, 1.54) is 12.1 Å². The molecule has 0 aliphatic heterocycles. The maximum Gasteiger partial charge on any atom is 0.269 e. The summed E-state index contributed by atoms with van der Waals surface area (Å²) >= 11 is 0. The van der Waals surface area contributed by atoms with Crippen molar-refractivity contribution in [3.8, 4) is 0 Å². The fourth-order valence-corrected chi connectivity index (χ4v) is 1.16. The van der Waals surface area contributed by atoms with Crippen LogP contribution in [0.2, 0.25) is 0 Å². The molecule has 0 bridgehead atoms. The number of halogens is 1. The number of hydrogen-bond acceptors (Lipinski definition) is 4. The Balaban J connectivity index is 0.00000225. The normalized spacial score (nSPS) is 11.6. The van der Waals surface area contributed by atoms with Crippen molar-refractivity contribution in [3.63, 3.8) is 0 Å². The van der Waals surface area contributed by atoms with Crippen molar-refractivity contribution in [3.05, 3.63) is 39.9 Å². The molecule has 0 fully saturated rings. The first-order chi connectivity index (χ1) is 7.09. The first-order valence-electron chi connectivity index (χ1n) is 4.71. The number of nitro benzene ring substituents is 1. The molecule has 0 aliphatic carbocycles. The minimum atomic E-state index is -0.424. The summed E-state index contributed by atoms with van der Waals surface area (Å²) in [5, 5.41) is 22.4. The summed E-state index contributed by atoms with van der Waals surface area (Å²) in [6, 6.07) is 6.35. The minimum Gasteiger partial charge on any atom is -0.392 e. The molecule has 0 amide bonds. The van der Waals surface area contributed by atoms with E-state index >= 15 is 0 Å². The monoisotopic (exact) mass is 246 g/mol. The average molecular weight is 247 g/mol. The van der Waals surface area contributed by atoms with Crippen molar-refractivity contribution in [2.75, 3.05) is 6.54 Å². The molecule has 1 aromatic rings. The topological polar surface area (TPSA) is 75.4 Å². The lowest BCUT2D eigenvalue weighted by atomic mass is 10.2. The molecule has 0 saturated heterocycles. The molecule has 16 heavy (non-hydrogen) atoms. The zero-order valence-corrected chi connectivity index (χ0v) is 9.74. The first kappa shape index (κ1) is 14.8. The van der Waals surface area contributed by atoms with Gasteiger partial charge in [0.1, 0.15) is 0 Å². The number of aliphatic hydroxyl groups is 1. The van der Waals surface area contributed by atoms with Gasteiger partial charge < -0.3 is 10.4 Å². The second-order valence-electron chi connectivity index (χ2n) is 3.40. The molecule has 0 heterocycles. The molecule has 0 radical (unpaired) electrons. The molecular weight excluding hydrogens is 232 g/mol. The Kier molecular flexibility index (Phi) is 6.64. The number of hydrogen-bond donors (Lipinski definition) is 2. The summed E-state index contributed by atoms with van der Waals surface area (Å²) in [4.78, 5) is 9.95. The van der Waals surface area contributed by atoms with E-state index in [1.54, 1.807) is 19.1 Å². The van der Waals surface area contributed by atoms with Gasteiger partial charge in [-0.25, -0.2) is 0 Å². The molecule has 0 saturated carbocycles. The van der Waals surface area contributed by atoms with Gasteiger partial charge in [0.15, 0.2) is 0 Å². The number of non-ortho nitro benzene ring substituents is 1. The third-order valence-corrected chi connectivity index (χ3v) is 1.92. The third-order valence-electron chi connectivity index (χ3n) is 1.92. The Hall–Kier alpha value is -1.17. The largest absolute Gasteiger partial charge is 0.392 e. The zero-order valence-electron chi connectivity index (χ0n) is 8.92. The van der Waals surface area contributed by atoms with Crippen LogP contribution in [0.4, 0.5) is 5.69 Å². The fourth-order valence-electron chi connectivity index (χ4n) is 1.16.